The first-order valence-electron chi connectivity index (χ1n) is 33.5. The number of aliphatic carboxylic acids is 1. The number of amides is 8. The summed E-state index contributed by atoms with van der Waals surface area (Å²) in [6.07, 6.45) is -20.9. The van der Waals surface area contributed by atoms with Gasteiger partial charge in [-0.25, -0.2) is 9.59 Å². The van der Waals surface area contributed by atoms with Crippen molar-refractivity contribution >= 4 is 76.6 Å². The van der Waals surface area contributed by atoms with Crippen LogP contribution in [-0.4, -0.2) is 196 Å². The van der Waals surface area contributed by atoms with Crippen LogP contribution in [0, 0.1) is 5.92 Å². The zero-order valence-corrected chi connectivity index (χ0v) is 59.7. The number of carboxylic acid groups (broad SMARTS) is 1. The molecule has 107 heavy (non-hydrogen) atoms. The molecular formula is C70H81Cl2N9O26. The topological polar surface area (TPSA) is 557 Å². The van der Waals surface area contributed by atoms with Crippen LogP contribution in [0.1, 0.15) is 126 Å². The molecule has 21 N–H and O–H groups in total. The molecule has 8 amide bonds. The van der Waals surface area contributed by atoms with Crippen molar-refractivity contribution in [3.05, 3.63) is 117 Å². The van der Waals surface area contributed by atoms with Crippen LogP contribution in [0.2, 0.25) is 10.0 Å². The van der Waals surface area contributed by atoms with Crippen molar-refractivity contribution in [1.29, 1.82) is 0 Å². The van der Waals surface area contributed by atoms with E-state index in [9.17, 15) is 79.8 Å². The summed E-state index contributed by atoms with van der Waals surface area (Å²) in [6, 6.07) is -1.50. The van der Waals surface area contributed by atoms with Gasteiger partial charge in [0.1, 0.15) is 101 Å². The fourth-order valence-corrected chi connectivity index (χ4v) is 13.4. The largest absolute Gasteiger partial charge is 0.508 e. The maximum atomic E-state index is 16.1. The minimum Gasteiger partial charge on any atom is -0.508 e. The monoisotopic (exact) mass is 1530 g/mol. The number of rotatable bonds is 13. The highest BCUT2D eigenvalue weighted by atomic mass is 35.5. The lowest BCUT2D eigenvalue weighted by atomic mass is 9.85. The molecule has 12 rings (SSSR count). The van der Waals surface area contributed by atoms with Crippen LogP contribution in [0.4, 0.5) is 4.79 Å². The van der Waals surface area contributed by atoms with Crippen LogP contribution < -0.4 is 62.9 Å². The van der Waals surface area contributed by atoms with Gasteiger partial charge in [0.15, 0.2) is 29.9 Å². The van der Waals surface area contributed by atoms with Gasteiger partial charge in [-0.1, -0.05) is 55.2 Å². The lowest BCUT2D eigenvalue weighted by Crippen LogP contribution is -2.66. The Bertz CT molecular complexity index is 4320. The summed E-state index contributed by atoms with van der Waals surface area (Å²) in [5, 5.41) is 131. The number of primary amides is 1. The molecule has 3 unspecified atom stereocenters. The Morgan fingerprint density at radius 2 is 1.31 bits per heavy atom. The standard InChI is InChI=1S/C70H81Cl2N9O26/c1-25(2)14-36(73)60(92)79-51-53(87)28-9-12-40(34(71)16-28)102-42-18-30-19-43(57(42)106-67-58(56(90)55(89)44(24-82)104-67)105-46-23-70(7,59(91)26(3)101-46)81-68(100)107-69(4,5)6)103-41-13-10-29(17-35(41)72)54(88)52-65(97)78-50(66(98)99)33-20-31(83)21-39(85)47(33)32-15-27(8-11-38(32)84)48(62(94)80-52)77-63(95)49(30)76-61(93)37(22-45(74)86)75-64(51)96/h8-13,15-21,25-26,36-37,44,46,48-56,58-59,67,82-85,87-91H,14,22-24,73H2,1-7H3,(H2,74,86)(H,75,96)(H,76,93)(H,77,95)(H,78,97)(H,79,92)(H,80,94)(H,81,100)(H,98,99)/t26-,36-,37-,44+,46-,48?,49+,50-,51+,52-,53+,54+,55+,56-,58?,59+,67?,70-/m0/s1. The molecule has 5 aromatic rings. The van der Waals surface area contributed by atoms with E-state index in [1.165, 1.54) is 19.9 Å². The van der Waals surface area contributed by atoms with Gasteiger partial charge in [-0.3, -0.25) is 33.6 Å². The van der Waals surface area contributed by atoms with Crippen molar-refractivity contribution in [2.75, 3.05) is 6.61 Å². The quantitative estimate of drug-likeness (QED) is 0.0792. The molecule has 37 heteroatoms. The highest BCUT2D eigenvalue weighted by Crippen LogP contribution is 2.50. The zero-order chi connectivity index (χ0) is 78.3. The summed E-state index contributed by atoms with van der Waals surface area (Å²) in [5.41, 5.74) is 6.33. The van der Waals surface area contributed by atoms with Crippen molar-refractivity contribution in [2.45, 2.75) is 183 Å². The molecule has 5 aromatic carbocycles. The molecule has 2 saturated heterocycles. The summed E-state index contributed by atoms with van der Waals surface area (Å²) >= 11 is 14.1. The summed E-state index contributed by atoms with van der Waals surface area (Å²) < 4.78 is 44.2. The highest BCUT2D eigenvalue weighted by Gasteiger charge is 2.53. The lowest BCUT2D eigenvalue weighted by molar-refractivity contribution is -0.334. The van der Waals surface area contributed by atoms with E-state index in [0.29, 0.717) is 0 Å². The fraction of sp³-hybridized carbons (Fsp3) is 0.443. The first-order valence-corrected chi connectivity index (χ1v) is 34.2. The summed E-state index contributed by atoms with van der Waals surface area (Å²) in [5.74, 6) is -16.7. The minimum atomic E-state index is -2.39. The van der Waals surface area contributed by atoms with Crippen molar-refractivity contribution in [1.82, 2.24) is 37.2 Å². The number of hydrogen-bond donors (Lipinski definition) is 19. The molecule has 7 heterocycles. The highest BCUT2D eigenvalue weighted by molar-refractivity contribution is 6.32. The number of nitrogens with two attached hydrogens (primary N) is 2. The van der Waals surface area contributed by atoms with Gasteiger partial charge in [0.05, 0.1) is 40.8 Å². The molecule has 11 bridgehead atoms. The van der Waals surface area contributed by atoms with Gasteiger partial charge in [0.25, 0.3) is 0 Å². The number of benzene rings is 5. The predicted octanol–water partition coefficient (Wildman–Crippen LogP) is 1.41. The van der Waals surface area contributed by atoms with Crippen molar-refractivity contribution in [2.24, 2.45) is 17.4 Å². The van der Waals surface area contributed by atoms with Gasteiger partial charge in [-0.15, -0.1) is 0 Å². The summed E-state index contributed by atoms with van der Waals surface area (Å²) in [6.45, 7) is 10.2. The van der Waals surface area contributed by atoms with Crippen molar-refractivity contribution in [3.8, 4) is 57.1 Å². The molecule has 0 radical (unpaired) electrons. The van der Waals surface area contributed by atoms with Gasteiger partial charge in [0.2, 0.25) is 53.4 Å². The third-order valence-electron chi connectivity index (χ3n) is 18.2. The number of aromatic hydroxyl groups is 3. The van der Waals surface area contributed by atoms with Crippen LogP contribution in [0.25, 0.3) is 11.1 Å². The number of hydrogen-bond acceptors (Lipinski definition) is 26. The number of ether oxygens (including phenoxy) is 7. The van der Waals surface area contributed by atoms with E-state index in [4.69, 9.17) is 67.8 Å². The maximum Gasteiger partial charge on any atom is 0.408 e. The maximum absolute atomic E-state index is 16.1. The molecule has 576 valence electrons. The van der Waals surface area contributed by atoms with Crippen LogP contribution in [0.15, 0.2) is 78.9 Å². The summed E-state index contributed by atoms with van der Waals surface area (Å²) in [7, 11) is 0. The van der Waals surface area contributed by atoms with Gasteiger partial charge >= 0.3 is 12.1 Å². The number of aliphatic hydroxyl groups is 6. The second-order valence-corrected chi connectivity index (χ2v) is 28.8. The van der Waals surface area contributed by atoms with Crippen LogP contribution >= 0.6 is 23.2 Å². The Hall–Kier alpha value is -9.89. The number of nitrogens with one attached hydrogen (secondary N) is 7. The molecule has 0 aliphatic carbocycles. The number of halogens is 2. The van der Waals surface area contributed by atoms with Gasteiger partial charge in [-0.2, -0.15) is 0 Å². The molecule has 18 atom stereocenters. The van der Waals surface area contributed by atoms with E-state index in [-0.39, 0.29) is 34.8 Å². The minimum absolute atomic E-state index is 0.0611. The van der Waals surface area contributed by atoms with E-state index in [2.05, 4.69) is 37.2 Å². The predicted molar refractivity (Wildman–Crippen MR) is 370 cm³/mol. The lowest BCUT2D eigenvalue weighted by Gasteiger charge is -2.48. The Morgan fingerprint density at radius 3 is 1.90 bits per heavy atom. The van der Waals surface area contributed by atoms with Crippen molar-refractivity contribution in [3.63, 3.8) is 0 Å². The molecule has 7 aliphatic rings. The number of phenols is 3. The number of fused-ring (bicyclic) bond motifs is 15. The molecular weight excluding hydrogens is 1450 g/mol. The SMILES string of the molecule is CC(C)C[C@H](N)C(=O)N[C@H]1C(=O)N[C@@H](CC(N)=O)C(=O)N[C@H]2C(=O)NC3C(=O)N[C@H](C(=O)N[C@H](C(=O)O)c4cc(O)cc(O)c4-c4cc3ccc4O)[C@H](O)c3ccc(c(Cl)c3)Oc3cc2cc(c3OC2O[C@H](CO)[C@@H](O)[C@H](O)C2O[C@H]2C[C@](C)(NC(=O)OC(C)(C)C)[C@H](O)[C@H](C)O2)Oc2ccc(cc2Cl)[C@H]1O. The Morgan fingerprint density at radius 1 is 0.710 bits per heavy atom. The zero-order valence-electron chi connectivity index (χ0n) is 58.1. The first-order chi connectivity index (χ1) is 50.2. The molecule has 2 fully saturated rings. The number of carbonyl (C=O) groups excluding carboxylic acids is 8. The Balaban J connectivity index is 1.23. The van der Waals surface area contributed by atoms with E-state index < -0.39 is 260 Å². The second kappa shape index (κ2) is 31.9. The molecule has 0 aromatic heterocycles. The smallest absolute Gasteiger partial charge is 0.408 e. The first kappa shape index (κ1) is 79.7. The number of aliphatic hydroxyl groups excluding tert-OH is 6. The van der Waals surface area contributed by atoms with E-state index in [0.717, 1.165) is 72.8 Å². The average molecular weight is 1540 g/mol. The average Bonchev–Trinajstić information content (AvgIpc) is 0.724. The number of phenolic OH excluding ortho intramolecular Hbond substituents is 3. The third-order valence-corrected chi connectivity index (χ3v) is 18.8. The van der Waals surface area contributed by atoms with Crippen LogP contribution in [0.5, 0.6) is 46.0 Å². The van der Waals surface area contributed by atoms with Crippen molar-refractivity contribution < 1.29 is 127 Å². The number of carboxylic acids is 1. The third kappa shape index (κ3) is 17.6. The molecule has 0 spiro atoms. The van der Waals surface area contributed by atoms with Gasteiger partial charge in [-0.05, 0) is 124 Å². The van der Waals surface area contributed by atoms with E-state index >= 15 is 14.4 Å². The van der Waals surface area contributed by atoms with E-state index in [1.807, 2.05) is 0 Å². The number of carbonyl (C=O) groups is 9. The molecule has 35 nitrogen and oxygen atoms in total. The fourth-order valence-electron chi connectivity index (χ4n) is 12.9. The Labute approximate surface area is 619 Å². The van der Waals surface area contributed by atoms with Crippen LogP contribution in [0.3, 0.4) is 0 Å². The van der Waals surface area contributed by atoms with Gasteiger partial charge in [0, 0.05) is 29.2 Å². The Kier molecular flexibility index (Phi) is 23.7. The second-order valence-electron chi connectivity index (χ2n) is 28.0. The normalized spacial score (nSPS) is 28.5. The molecule has 7 aliphatic heterocycles. The van der Waals surface area contributed by atoms with E-state index in [1.54, 1.807) is 34.6 Å². The summed E-state index contributed by atoms with van der Waals surface area (Å²) in [4.78, 5) is 130. The number of alkyl carbamates (subject to hydrolysis) is 1. The van der Waals surface area contributed by atoms with Crippen LogP contribution in [-0.2, 0) is 57.3 Å². The van der Waals surface area contributed by atoms with Gasteiger partial charge < -0.3 is 133 Å². The molecule has 0 saturated carbocycles.